The van der Waals surface area contributed by atoms with Crippen LogP contribution in [0.5, 0.6) is 0 Å². The van der Waals surface area contributed by atoms with E-state index in [1.807, 2.05) is 13.8 Å². The summed E-state index contributed by atoms with van der Waals surface area (Å²) >= 11 is 0. The van der Waals surface area contributed by atoms with E-state index in [0.29, 0.717) is 17.7 Å². The molecule has 2 aromatic rings. The maximum absolute atomic E-state index is 14.0. The van der Waals surface area contributed by atoms with Crippen molar-refractivity contribution in [2.24, 2.45) is 0 Å². The first-order valence-electron chi connectivity index (χ1n) is 6.86. The highest BCUT2D eigenvalue weighted by Gasteiger charge is 2.33. The largest absolute Gasteiger partial charge is 0.478 e. The van der Waals surface area contributed by atoms with Crippen LogP contribution in [-0.2, 0) is 11.8 Å². The van der Waals surface area contributed by atoms with Crippen molar-refractivity contribution < 1.29 is 18.7 Å². The summed E-state index contributed by atoms with van der Waals surface area (Å²) in [5, 5.41) is 9.56. The van der Waals surface area contributed by atoms with Crippen LogP contribution < -0.4 is 0 Å². The molecule has 3 rings (SSSR count). The number of hydrogen-bond acceptors (Lipinski definition) is 2. The molecule has 0 amide bonds. The number of aromatic carboxylic acids is 1. The van der Waals surface area contributed by atoms with Gasteiger partial charge in [-0.05, 0) is 30.9 Å². The van der Waals surface area contributed by atoms with E-state index in [1.54, 1.807) is 0 Å². The van der Waals surface area contributed by atoms with E-state index in [2.05, 4.69) is 4.98 Å². The third kappa shape index (κ3) is 2.07. The maximum atomic E-state index is 14.0. The van der Waals surface area contributed by atoms with Crippen molar-refractivity contribution in [2.75, 3.05) is 0 Å². The fourth-order valence-corrected chi connectivity index (χ4v) is 3.20. The number of carbonyl (C=O) groups is 1. The first kappa shape index (κ1) is 13.9. The summed E-state index contributed by atoms with van der Waals surface area (Å²) in [5.41, 5.74) is 0.830. The molecule has 0 unspecified atom stereocenters. The molecule has 1 aliphatic carbocycles. The van der Waals surface area contributed by atoms with Crippen LogP contribution in [0.15, 0.2) is 12.1 Å². The van der Waals surface area contributed by atoms with Crippen molar-refractivity contribution in [3.05, 3.63) is 40.6 Å². The minimum Gasteiger partial charge on any atom is -0.478 e. The normalized spacial score (nSPS) is 16.8. The average molecular weight is 291 g/mol. The molecular weight excluding hydrogens is 276 g/mol. The molecule has 21 heavy (non-hydrogen) atoms. The summed E-state index contributed by atoms with van der Waals surface area (Å²) in [4.78, 5) is 16.0. The maximum Gasteiger partial charge on any atom is 0.336 e. The Bertz CT molecular complexity index is 769. The van der Waals surface area contributed by atoms with Gasteiger partial charge in [0.15, 0.2) is 5.82 Å². The minimum absolute atomic E-state index is 0.0128. The number of hydrogen-bond donors (Lipinski definition) is 1. The molecule has 5 heteroatoms. The van der Waals surface area contributed by atoms with Crippen LogP contribution in [0.25, 0.3) is 10.9 Å². The van der Waals surface area contributed by atoms with E-state index < -0.39 is 17.6 Å². The Balaban J connectivity index is 2.50. The second kappa shape index (κ2) is 4.48. The van der Waals surface area contributed by atoms with Crippen LogP contribution in [-0.4, -0.2) is 16.1 Å². The van der Waals surface area contributed by atoms with Gasteiger partial charge in [-0.25, -0.2) is 18.6 Å². The van der Waals surface area contributed by atoms with E-state index >= 15 is 0 Å². The Labute approximate surface area is 120 Å². The van der Waals surface area contributed by atoms with Crippen molar-refractivity contribution >= 4 is 16.9 Å². The van der Waals surface area contributed by atoms with Gasteiger partial charge in [0.1, 0.15) is 11.3 Å². The van der Waals surface area contributed by atoms with Gasteiger partial charge in [-0.1, -0.05) is 13.8 Å². The van der Waals surface area contributed by atoms with Crippen LogP contribution in [0.2, 0.25) is 0 Å². The SMILES string of the molecule is CC1(C)CCCc2c1nc1c(F)cc(F)cc1c2C(=O)O. The van der Waals surface area contributed by atoms with Crippen LogP contribution in [0, 0.1) is 11.6 Å². The van der Waals surface area contributed by atoms with Crippen molar-refractivity contribution in [3.63, 3.8) is 0 Å². The van der Waals surface area contributed by atoms with Crippen LogP contribution >= 0.6 is 0 Å². The van der Waals surface area contributed by atoms with E-state index in [1.165, 1.54) is 0 Å². The zero-order chi connectivity index (χ0) is 15.4. The van der Waals surface area contributed by atoms with E-state index in [9.17, 15) is 18.7 Å². The van der Waals surface area contributed by atoms with Gasteiger partial charge in [-0.15, -0.1) is 0 Å². The van der Waals surface area contributed by atoms with Gasteiger partial charge in [0.2, 0.25) is 0 Å². The Kier molecular flexibility index (Phi) is 2.97. The van der Waals surface area contributed by atoms with Crippen molar-refractivity contribution in [3.8, 4) is 0 Å². The number of benzene rings is 1. The van der Waals surface area contributed by atoms with Gasteiger partial charge < -0.3 is 5.11 Å². The average Bonchev–Trinajstić information content (AvgIpc) is 2.35. The predicted molar refractivity (Wildman–Crippen MR) is 74.6 cm³/mol. The van der Waals surface area contributed by atoms with Crippen LogP contribution in [0.3, 0.4) is 0 Å². The lowest BCUT2D eigenvalue weighted by Gasteiger charge is -2.32. The number of rotatable bonds is 1. The molecule has 110 valence electrons. The van der Waals surface area contributed by atoms with E-state index in [0.717, 1.165) is 25.0 Å². The van der Waals surface area contributed by atoms with Gasteiger partial charge in [0.05, 0.1) is 11.3 Å². The molecule has 0 saturated carbocycles. The fraction of sp³-hybridized carbons (Fsp3) is 0.375. The Morgan fingerprint density at radius 1 is 1.33 bits per heavy atom. The van der Waals surface area contributed by atoms with E-state index in [-0.39, 0.29) is 21.9 Å². The molecule has 1 aromatic carbocycles. The molecule has 1 N–H and O–H groups in total. The smallest absolute Gasteiger partial charge is 0.336 e. The Hall–Kier alpha value is -2.04. The number of fused-ring (bicyclic) bond motifs is 2. The Morgan fingerprint density at radius 3 is 2.71 bits per heavy atom. The lowest BCUT2D eigenvalue weighted by atomic mass is 9.74. The summed E-state index contributed by atoms with van der Waals surface area (Å²) in [6.45, 7) is 3.94. The van der Waals surface area contributed by atoms with Gasteiger partial charge in [-0.3, -0.25) is 0 Å². The molecule has 3 nitrogen and oxygen atoms in total. The highest BCUT2D eigenvalue weighted by atomic mass is 19.1. The van der Waals surface area contributed by atoms with Gasteiger partial charge >= 0.3 is 5.97 Å². The van der Waals surface area contributed by atoms with Gasteiger partial charge in [0, 0.05) is 16.9 Å². The Morgan fingerprint density at radius 2 is 2.05 bits per heavy atom. The molecule has 1 heterocycles. The highest BCUT2D eigenvalue weighted by molar-refractivity contribution is 6.04. The third-order valence-electron chi connectivity index (χ3n) is 4.19. The quantitative estimate of drug-likeness (QED) is 0.868. The molecule has 0 bridgehead atoms. The van der Waals surface area contributed by atoms with Gasteiger partial charge in [-0.2, -0.15) is 0 Å². The number of carboxylic acid groups (broad SMARTS) is 1. The van der Waals surface area contributed by atoms with Crippen molar-refractivity contribution in [1.82, 2.24) is 4.98 Å². The van der Waals surface area contributed by atoms with Crippen LogP contribution in [0.1, 0.15) is 48.3 Å². The highest BCUT2D eigenvalue weighted by Crippen LogP contribution is 2.39. The minimum atomic E-state index is -1.17. The van der Waals surface area contributed by atoms with Crippen molar-refractivity contribution in [2.45, 2.75) is 38.5 Å². The molecule has 1 aromatic heterocycles. The number of carboxylic acids is 1. The first-order chi connectivity index (χ1) is 9.81. The van der Waals surface area contributed by atoms with Gasteiger partial charge in [0.25, 0.3) is 0 Å². The fourth-order valence-electron chi connectivity index (χ4n) is 3.20. The summed E-state index contributed by atoms with van der Waals surface area (Å²) in [5.74, 6) is -2.78. The standard InChI is InChI=1S/C16H15F2NO2/c1-16(2)5-3-4-9-12(15(20)21)10-6-8(17)7-11(18)13(10)19-14(9)16/h6-7H,3-5H2,1-2H3,(H,20,21). The molecule has 0 saturated heterocycles. The summed E-state index contributed by atoms with van der Waals surface area (Å²) < 4.78 is 27.5. The molecule has 0 atom stereocenters. The monoisotopic (exact) mass is 291 g/mol. The van der Waals surface area contributed by atoms with Crippen LogP contribution in [0.4, 0.5) is 8.78 Å². The molecule has 1 aliphatic rings. The topological polar surface area (TPSA) is 50.2 Å². The molecule has 0 aliphatic heterocycles. The zero-order valence-electron chi connectivity index (χ0n) is 11.8. The lowest BCUT2D eigenvalue weighted by molar-refractivity contribution is 0.0697. The molecule has 0 fully saturated rings. The molecule has 0 spiro atoms. The second-order valence-corrected chi connectivity index (χ2v) is 6.14. The summed E-state index contributed by atoms with van der Waals surface area (Å²) in [6.07, 6.45) is 2.27. The predicted octanol–water partition coefficient (Wildman–Crippen LogP) is 3.83. The lowest BCUT2D eigenvalue weighted by Crippen LogP contribution is -2.27. The first-order valence-corrected chi connectivity index (χ1v) is 6.86. The van der Waals surface area contributed by atoms with Crippen molar-refractivity contribution in [1.29, 1.82) is 0 Å². The van der Waals surface area contributed by atoms with E-state index in [4.69, 9.17) is 0 Å². The molecular formula is C16H15F2NO2. The third-order valence-corrected chi connectivity index (χ3v) is 4.19. The second-order valence-electron chi connectivity index (χ2n) is 6.14. The summed E-state index contributed by atoms with van der Waals surface area (Å²) in [7, 11) is 0. The number of pyridine rings is 1. The number of nitrogens with zero attached hydrogens (tertiary/aromatic N) is 1. The number of halogens is 2. The molecule has 0 radical (unpaired) electrons. The number of aromatic nitrogens is 1. The zero-order valence-corrected chi connectivity index (χ0v) is 11.8. The summed E-state index contributed by atoms with van der Waals surface area (Å²) in [6, 6.07) is 1.79.